The van der Waals surface area contributed by atoms with Crippen molar-refractivity contribution in [3.63, 3.8) is 0 Å². The van der Waals surface area contributed by atoms with E-state index in [1.165, 1.54) is 4.57 Å². The van der Waals surface area contributed by atoms with Gasteiger partial charge in [0.1, 0.15) is 6.54 Å². The average Bonchev–Trinajstić information content (AvgIpc) is 3.34. The Morgan fingerprint density at radius 1 is 1.24 bits per heavy atom. The third-order valence-corrected chi connectivity index (χ3v) is 7.81. The van der Waals surface area contributed by atoms with E-state index in [9.17, 15) is 22.0 Å². The van der Waals surface area contributed by atoms with E-state index in [0.29, 0.717) is 22.8 Å². The van der Waals surface area contributed by atoms with Crippen LogP contribution >= 0.6 is 11.8 Å². The van der Waals surface area contributed by atoms with Crippen LogP contribution in [0.1, 0.15) is 12.8 Å². The van der Waals surface area contributed by atoms with Crippen molar-refractivity contribution in [3.8, 4) is 0 Å². The minimum Gasteiger partial charge on any atom is -0.349 e. The second-order valence-corrected chi connectivity index (χ2v) is 10.5. The fourth-order valence-electron chi connectivity index (χ4n) is 4.17. The summed E-state index contributed by atoms with van der Waals surface area (Å²) < 4.78 is 51.7. The first kappa shape index (κ1) is 20.5. The Morgan fingerprint density at radius 3 is 2.69 bits per heavy atom. The highest BCUT2D eigenvalue weighted by Crippen LogP contribution is 2.28. The fourth-order valence-corrected chi connectivity index (χ4v) is 6.72. The molecule has 0 bridgehead atoms. The van der Waals surface area contributed by atoms with Crippen LogP contribution in [0.15, 0.2) is 29.4 Å². The summed E-state index contributed by atoms with van der Waals surface area (Å²) in [6.45, 7) is 1.46. The number of fused-ring (bicyclic) bond motifs is 1. The highest BCUT2D eigenvalue weighted by molar-refractivity contribution is 7.99. The van der Waals surface area contributed by atoms with Crippen molar-refractivity contribution >= 4 is 38.5 Å². The summed E-state index contributed by atoms with van der Waals surface area (Å²) in [5, 5.41) is 2.90. The Hall–Kier alpha value is -1.72. The van der Waals surface area contributed by atoms with E-state index in [2.05, 4.69) is 15.2 Å². The summed E-state index contributed by atoms with van der Waals surface area (Å²) in [4.78, 5) is 19.1. The molecule has 2 atom stereocenters. The first-order valence-electron chi connectivity index (χ1n) is 9.46. The van der Waals surface area contributed by atoms with Gasteiger partial charge in [-0.2, -0.15) is 8.78 Å². The molecular weight excluding hydrogens is 422 g/mol. The van der Waals surface area contributed by atoms with Crippen LogP contribution < -0.4 is 5.32 Å². The zero-order valence-corrected chi connectivity index (χ0v) is 17.3. The number of thioether (sulfide) groups is 1. The lowest BCUT2D eigenvalue weighted by Crippen LogP contribution is -2.50. The Bertz CT molecular complexity index is 1010. The van der Waals surface area contributed by atoms with Gasteiger partial charge in [-0.3, -0.25) is 9.69 Å². The minimum absolute atomic E-state index is 0.0401. The zero-order chi connectivity index (χ0) is 20.6. The predicted molar refractivity (Wildman–Crippen MR) is 107 cm³/mol. The summed E-state index contributed by atoms with van der Waals surface area (Å²) in [5.74, 6) is -3.12. The van der Waals surface area contributed by atoms with Crippen molar-refractivity contribution < 1.29 is 22.0 Å². The predicted octanol–water partition coefficient (Wildman–Crippen LogP) is 1.73. The van der Waals surface area contributed by atoms with Crippen LogP contribution in [-0.4, -0.2) is 71.2 Å². The van der Waals surface area contributed by atoms with Crippen LogP contribution in [0.3, 0.4) is 0 Å². The molecule has 2 unspecified atom stereocenters. The molecule has 29 heavy (non-hydrogen) atoms. The zero-order valence-electron chi connectivity index (χ0n) is 15.6. The van der Waals surface area contributed by atoms with Crippen molar-refractivity contribution in [3.05, 3.63) is 24.3 Å². The van der Waals surface area contributed by atoms with Gasteiger partial charge in [-0.25, -0.2) is 13.4 Å². The smallest absolute Gasteiger partial charge is 0.291 e. The van der Waals surface area contributed by atoms with Gasteiger partial charge in [0, 0.05) is 6.04 Å². The van der Waals surface area contributed by atoms with Crippen LogP contribution in [0.4, 0.5) is 8.78 Å². The molecule has 1 amide bonds. The molecule has 0 spiro atoms. The largest absolute Gasteiger partial charge is 0.349 e. The number of nitrogens with zero attached hydrogens (tertiary/aromatic N) is 3. The standard InChI is InChI=1S/C18H22F2N4O3S2/c19-17(20)28-18-22-12-5-1-2-6-14(12)24(18)9-16(25)21-13-10-29(26,27)11-15(13)23-7-3-4-8-23/h1-2,5-6,13,15,17H,3-4,7-11H2,(H,21,25). The topological polar surface area (TPSA) is 84.3 Å². The number of aromatic nitrogens is 2. The van der Waals surface area contributed by atoms with E-state index in [0.717, 1.165) is 25.9 Å². The second kappa shape index (κ2) is 8.19. The van der Waals surface area contributed by atoms with E-state index in [-0.39, 0.29) is 29.2 Å². The molecule has 2 aromatic rings. The van der Waals surface area contributed by atoms with E-state index >= 15 is 0 Å². The third kappa shape index (κ3) is 4.56. The monoisotopic (exact) mass is 444 g/mol. The van der Waals surface area contributed by atoms with Gasteiger partial charge in [0.15, 0.2) is 15.0 Å². The van der Waals surface area contributed by atoms with Crippen molar-refractivity contribution in [1.82, 2.24) is 19.8 Å². The molecular formula is C18H22F2N4O3S2. The minimum atomic E-state index is -3.23. The number of nitrogens with one attached hydrogen (secondary N) is 1. The summed E-state index contributed by atoms with van der Waals surface area (Å²) >= 11 is 0.291. The van der Waals surface area contributed by atoms with Gasteiger partial charge >= 0.3 is 0 Å². The van der Waals surface area contributed by atoms with Gasteiger partial charge in [0.05, 0.1) is 28.6 Å². The third-order valence-electron chi connectivity index (χ3n) is 5.39. The second-order valence-electron chi connectivity index (χ2n) is 7.41. The molecule has 2 saturated heterocycles. The van der Waals surface area contributed by atoms with Gasteiger partial charge in [-0.05, 0) is 49.8 Å². The SMILES string of the molecule is O=C(Cn1c(SC(F)F)nc2ccccc21)NC1CS(=O)(=O)CC1N1CCCC1. The molecule has 1 N–H and O–H groups in total. The summed E-state index contributed by atoms with van der Waals surface area (Å²) in [5.41, 5.74) is 1.11. The number of likely N-dealkylation sites (tertiary alicyclic amines) is 1. The first-order chi connectivity index (χ1) is 13.8. The number of hydrogen-bond donors (Lipinski definition) is 1. The molecule has 1 aromatic heterocycles. The molecule has 0 saturated carbocycles. The van der Waals surface area contributed by atoms with Crippen LogP contribution in [0.25, 0.3) is 11.0 Å². The van der Waals surface area contributed by atoms with Crippen LogP contribution in [0.5, 0.6) is 0 Å². The van der Waals surface area contributed by atoms with E-state index in [1.54, 1.807) is 24.3 Å². The maximum Gasteiger partial charge on any atom is 0.291 e. The van der Waals surface area contributed by atoms with Crippen molar-refractivity contribution in [2.45, 2.75) is 42.4 Å². The molecule has 0 radical (unpaired) electrons. The normalized spacial score (nSPS) is 24.5. The summed E-state index contributed by atoms with van der Waals surface area (Å²) in [6, 6.07) is 6.19. The van der Waals surface area contributed by atoms with E-state index in [4.69, 9.17) is 0 Å². The number of alkyl halides is 2. The molecule has 2 fully saturated rings. The van der Waals surface area contributed by atoms with Gasteiger partial charge < -0.3 is 9.88 Å². The average molecular weight is 445 g/mol. The number of rotatable bonds is 6. The molecule has 2 aliphatic heterocycles. The Balaban J connectivity index is 1.53. The summed E-state index contributed by atoms with van der Waals surface area (Å²) in [7, 11) is -3.23. The fraction of sp³-hybridized carbons (Fsp3) is 0.556. The molecule has 158 valence electrons. The molecule has 1 aromatic carbocycles. The number of halogens is 2. The van der Waals surface area contributed by atoms with E-state index < -0.39 is 27.5 Å². The number of para-hydroxylation sites is 2. The number of hydrogen-bond acceptors (Lipinski definition) is 6. The number of amides is 1. The number of carbonyl (C=O) groups is 1. The van der Waals surface area contributed by atoms with Gasteiger partial charge in [0.25, 0.3) is 5.76 Å². The quantitative estimate of drug-likeness (QED) is 0.684. The lowest BCUT2D eigenvalue weighted by Gasteiger charge is -2.28. The Kier molecular flexibility index (Phi) is 5.80. The molecule has 2 aliphatic rings. The summed E-state index contributed by atoms with van der Waals surface area (Å²) in [6.07, 6.45) is 2.04. The van der Waals surface area contributed by atoms with Crippen LogP contribution in [-0.2, 0) is 21.2 Å². The maximum atomic E-state index is 12.9. The number of sulfone groups is 1. The maximum absolute atomic E-state index is 12.9. The number of imidazole rings is 1. The molecule has 3 heterocycles. The Labute approximate surface area is 171 Å². The number of carbonyl (C=O) groups excluding carboxylic acids is 1. The van der Waals surface area contributed by atoms with Crippen LogP contribution in [0.2, 0.25) is 0 Å². The Morgan fingerprint density at radius 2 is 1.97 bits per heavy atom. The lowest BCUT2D eigenvalue weighted by atomic mass is 10.1. The van der Waals surface area contributed by atoms with Crippen molar-refractivity contribution in [2.75, 3.05) is 24.6 Å². The molecule has 7 nitrogen and oxygen atoms in total. The molecule has 4 rings (SSSR count). The van der Waals surface area contributed by atoms with Crippen LogP contribution in [0, 0.1) is 0 Å². The highest BCUT2D eigenvalue weighted by atomic mass is 32.2. The highest BCUT2D eigenvalue weighted by Gasteiger charge is 2.42. The molecule has 0 aliphatic carbocycles. The van der Waals surface area contributed by atoms with E-state index in [1.807, 2.05) is 0 Å². The first-order valence-corrected chi connectivity index (χ1v) is 12.2. The van der Waals surface area contributed by atoms with Crippen molar-refractivity contribution in [1.29, 1.82) is 0 Å². The van der Waals surface area contributed by atoms with Gasteiger partial charge in [0.2, 0.25) is 5.91 Å². The lowest BCUT2D eigenvalue weighted by molar-refractivity contribution is -0.122. The van der Waals surface area contributed by atoms with Crippen molar-refractivity contribution in [2.24, 2.45) is 0 Å². The number of benzene rings is 1. The molecule has 11 heteroatoms. The van der Waals surface area contributed by atoms with Gasteiger partial charge in [-0.15, -0.1) is 0 Å². The van der Waals surface area contributed by atoms with Gasteiger partial charge in [-0.1, -0.05) is 12.1 Å².